The SMILES string of the molecule is [C]1=CCNc2ccccc21. The van der Waals surface area contributed by atoms with Gasteiger partial charge < -0.3 is 5.32 Å². The van der Waals surface area contributed by atoms with Crippen molar-refractivity contribution in [2.45, 2.75) is 0 Å². The molecule has 1 N–H and O–H groups in total. The molecule has 0 fully saturated rings. The quantitative estimate of drug-likeness (QED) is 0.564. The van der Waals surface area contributed by atoms with E-state index in [-0.39, 0.29) is 0 Å². The molecule has 1 aromatic rings. The average molecular weight is 130 g/mol. The zero-order valence-electron chi connectivity index (χ0n) is 5.59. The van der Waals surface area contributed by atoms with Crippen LogP contribution in [0, 0.1) is 6.08 Å². The molecule has 0 spiro atoms. The number of benzene rings is 1. The van der Waals surface area contributed by atoms with Gasteiger partial charge in [0, 0.05) is 17.8 Å². The first-order valence-corrected chi connectivity index (χ1v) is 3.38. The Morgan fingerprint density at radius 3 is 3.10 bits per heavy atom. The Hall–Kier alpha value is -1.24. The van der Waals surface area contributed by atoms with Gasteiger partial charge in [-0.15, -0.1) is 0 Å². The summed E-state index contributed by atoms with van der Waals surface area (Å²) in [6.45, 7) is 0.900. The van der Waals surface area contributed by atoms with Crippen LogP contribution in [0.1, 0.15) is 5.56 Å². The lowest BCUT2D eigenvalue weighted by molar-refractivity contribution is 1.27. The number of nitrogens with one attached hydrogen (secondary N) is 1. The van der Waals surface area contributed by atoms with Crippen LogP contribution >= 0.6 is 0 Å². The molecule has 1 nitrogen and oxygen atoms in total. The lowest BCUT2D eigenvalue weighted by Gasteiger charge is -2.10. The number of hydrogen-bond acceptors (Lipinski definition) is 1. The summed E-state index contributed by atoms with van der Waals surface area (Å²) in [6.07, 6.45) is 5.18. The summed E-state index contributed by atoms with van der Waals surface area (Å²) in [4.78, 5) is 0. The third-order valence-corrected chi connectivity index (χ3v) is 1.58. The van der Waals surface area contributed by atoms with Crippen LogP contribution in [-0.4, -0.2) is 6.54 Å². The van der Waals surface area contributed by atoms with Gasteiger partial charge in [0.2, 0.25) is 0 Å². The van der Waals surface area contributed by atoms with Gasteiger partial charge in [0.25, 0.3) is 0 Å². The minimum Gasteiger partial charge on any atom is -0.381 e. The van der Waals surface area contributed by atoms with Gasteiger partial charge in [-0.25, -0.2) is 0 Å². The van der Waals surface area contributed by atoms with Crippen molar-refractivity contribution in [1.82, 2.24) is 0 Å². The van der Waals surface area contributed by atoms with Crippen LogP contribution in [0.25, 0.3) is 0 Å². The molecular formula is C9H8N. The van der Waals surface area contributed by atoms with Crippen molar-refractivity contribution in [2.75, 3.05) is 11.9 Å². The van der Waals surface area contributed by atoms with E-state index in [0.717, 1.165) is 12.1 Å². The molecule has 1 aromatic carbocycles. The van der Waals surface area contributed by atoms with Crippen molar-refractivity contribution in [1.29, 1.82) is 0 Å². The Labute approximate surface area is 60.4 Å². The molecule has 0 aliphatic carbocycles. The Balaban J connectivity index is 2.54. The standard InChI is InChI=1S/C9H8N/c1-2-6-9-8(4-1)5-3-7-10-9/h1-4,6,10H,7H2. The fraction of sp³-hybridized carbons (Fsp3) is 0.111. The van der Waals surface area contributed by atoms with Gasteiger partial charge in [-0.3, -0.25) is 0 Å². The molecule has 0 amide bonds. The smallest absolute Gasteiger partial charge is 0.0422 e. The zero-order chi connectivity index (χ0) is 6.81. The summed E-state index contributed by atoms with van der Waals surface area (Å²) in [5, 5.41) is 3.24. The van der Waals surface area contributed by atoms with Gasteiger partial charge in [0.05, 0.1) is 0 Å². The lowest BCUT2D eigenvalue weighted by atomic mass is 10.1. The molecular weight excluding hydrogens is 122 g/mol. The van der Waals surface area contributed by atoms with E-state index >= 15 is 0 Å². The maximum Gasteiger partial charge on any atom is 0.0422 e. The molecule has 49 valence electrons. The maximum absolute atomic E-state index is 3.24. The number of para-hydroxylation sites is 1. The molecule has 0 unspecified atom stereocenters. The summed E-state index contributed by atoms with van der Waals surface area (Å²) in [5.74, 6) is 0. The second-order valence-electron chi connectivity index (χ2n) is 2.27. The van der Waals surface area contributed by atoms with Crippen molar-refractivity contribution in [3.05, 3.63) is 42.0 Å². The highest BCUT2D eigenvalue weighted by atomic mass is 14.9. The van der Waals surface area contributed by atoms with E-state index in [2.05, 4.69) is 23.5 Å². The van der Waals surface area contributed by atoms with Crippen molar-refractivity contribution < 1.29 is 0 Å². The second-order valence-corrected chi connectivity index (χ2v) is 2.27. The molecule has 1 aliphatic heterocycles. The summed E-state index contributed by atoms with van der Waals surface area (Å²) in [6, 6.07) is 8.17. The summed E-state index contributed by atoms with van der Waals surface area (Å²) in [5.41, 5.74) is 2.35. The van der Waals surface area contributed by atoms with Gasteiger partial charge in [-0.1, -0.05) is 24.3 Å². The monoisotopic (exact) mass is 130 g/mol. The van der Waals surface area contributed by atoms with Crippen LogP contribution in [0.2, 0.25) is 0 Å². The first-order chi connectivity index (χ1) is 4.97. The van der Waals surface area contributed by atoms with Gasteiger partial charge in [0.1, 0.15) is 0 Å². The van der Waals surface area contributed by atoms with Crippen LogP contribution < -0.4 is 5.32 Å². The molecule has 1 heterocycles. The predicted molar refractivity (Wildman–Crippen MR) is 41.8 cm³/mol. The van der Waals surface area contributed by atoms with Crippen LogP contribution in [0.4, 0.5) is 5.69 Å². The highest BCUT2D eigenvalue weighted by Gasteiger charge is 1.99. The molecule has 2 rings (SSSR count). The van der Waals surface area contributed by atoms with Crippen LogP contribution in [0.15, 0.2) is 30.3 Å². The van der Waals surface area contributed by atoms with Gasteiger partial charge in [-0.05, 0) is 12.1 Å². The maximum atomic E-state index is 3.24. The first kappa shape index (κ1) is 5.54. The van der Waals surface area contributed by atoms with E-state index in [1.807, 2.05) is 18.2 Å². The molecule has 0 saturated carbocycles. The fourth-order valence-corrected chi connectivity index (χ4v) is 1.09. The van der Waals surface area contributed by atoms with Gasteiger partial charge in [-0.2, -0.15) is 0 Å². The minimum absolute atomic E-state index is 0.900. The van der Waals surface area contributed by atoms with E-state index < -0.39 is 0 Å². The molecule has 0 saturated heterocycles. The highest BCUT2D eigenvalue weighted by molar-refractivity contribution is 5.56. The lowest BCUT2D eigenvalue weighted by Crippen LogP contribution is -2.04. The highest BCUT2D eigenvalue weighted by Crippen LogP contribution is 2.16. The Kier molecular flexibility index (Phi) is 1.21. The second kappa shape index (κ2) is 2.18. The number of anilines is 1. The molecule has 10 heavy (non-hydrogen) atoms. The van der Waals surface area contributed by atoms with Gasteiger partial charge >= 0.3 is 0 Å². The summed E-state index contributed by atoms with van der Waals surface area (Å²) in [7, 11) is 0. The Bertz CT molecular complexity index is 263. The topological polar surface area (TPSA) is 12.0 Å². The Morgan fingerprint density at radius 1 is 1.30 bits per heavy atom. The van der Waals surface area contributed by atoms with E-state index in [1.165, 1.54) is 5.69 Å². The van der Waals surface area contributed by atoms with Crippen molar-refractivity contribution in [3.8, 4) is 0 Å². The Morgan fingerprint density at radius 2 is 2.20 bits per heavy atom. The third kappa shape index (κ3) is 0.798. The van der Waals surface area contributed by atoms with Crippen LogP contribution in [0.5, 0.6) is 0 Å². The molecule has 0 aromatic heterocycles. The van der Waals surface area contributed by atoms with Crippen molar-refractivity contribution in [3.63, 3.8) is 0 Å². The molecule has 0 atom stereocenters. The molecule has 1 heteroatoms. The number of hydrogen-bond donors (Lipinski definition) is 1. The van der Waals surface area contributed by atoms with Crippen molar-refractivity contribution >= 4 is 5.69 Å². The van der Waals surface area contributed by atoms with E-state index in [0.29, 0.717) is 0 Å². The number of fused-ring (bicyclic) bond motifs is 1. The minimum atomic E-state index is 0.900. The predicted octanol–water partition coefficient (Wildman–Crippen LogP) is 1.82. The van der Waals surface area contributed by atoms with E-state index in [4.69, 9.17) is 0 Å². The molecule has 1 aliphatic rings. The normalized spacial score (nSPS) is 14.0. The first-order valence-electron chi connectivity index (χ1n) is 3.38. The van der Waals surface area contributed by atoms with Crippen LogP contribution in [-0.2, 0) is 0 Å². The molecule has 0 bridgehead atoms. The van der Waals surface area contributed by atoms with Crippen molar-refractivity contribution in [2.24, 2.45) is 0 Å². The zero-order valence-corrected chi connectivity index (χ0v) is 5.59. The summed E-state index contributed by atoms with van der Waals surface area (Å²) < 4.78 is 0. The van der Waals surface area contributed by atoms with Gasteiger partial charge in [0.15, 0.2) is 0 Å². The fourth-order valence-electron chi connectivity index (χ4n) is 1.09. The van der Waals surface area contributed by atoms with Crippen LogP contribution in [0.3, 0.4) is 0 Å². The third-order valence-electron chi connectivity index (χ3n) is 1.58. The molecule has 1 radical (unpaired) electrons. The number of rotatable bonds is 0. The average Bonchev–Trinajstić information content (AvgIpc) is 2.05. The largest absolute Gasteiger partial charge is 0.381 e. The van der Waals surface area contributed by atoms with E-state index in [9.17, 15) is 0 Å². The van der Waals surface area contributed by atoms with E-state index in [1.54, 1.807) is 0 Å². The summed E-state index contributed by atoms with van der Waals surface area (Å²) >= 11 is 0.